The number of carboxylic acids is 1. The minimum absolute atomic E-state index is 0.135. The highest BCUT2D eigenvalue weighted by molar-refractivity contribution is 5.97. The average Bonchev–Trinajstić information content (AvgIpc) is 3.48. The lowest BCUT2D eigenvalue weighted by atomic mass is 9.70. The third kappa shape index (κ3) is 3.19. The second kappa shape index (κ2) is 7.58. The number of fused-ring (bicyclic) bond motifs is 4. The molecule has 0 spiro atoms. The van der Waals surface area contributed by atoms with Gasteiger partial charge in [-0.2, -0.15) is 0 Å². The minimum atomic E-state index is -1.31. The molecule has 6 heteroatoms. The molecule has 0 aromatic heterocycles. The van der Waals surface area contributed by atoms with E-state index < -0.39 is 18.4 Å². The zero-order valence-electron chi connectivity index (χ0n) is 18.0. The summed E-state index contributed by atoms with van der Waals surface area (Å²) in [5, 5.41) is 13.3. The number of allylic oxidation sites excluding steroid dienone is 4. The fraction of sp³-hybridized carbons (Fsp3) is 0.333. The molecule has 2 aliphatic carbocycles. The number of rotatable bonds is 4. The minimum Gasteiger partial charge on any atom is -0.548 e. The summed E-state index contributed by atoms with van der Waals surface area (Å²) in [5.41, 5.74) is 5.04. The van der Waals surface area contributed by atoms with Gasteiger partial charge in [-0.3, -0.25) is 4.79 Å². The van der Waals surface area contributed by atoms with Crippen LogP contribution in [0.2, 0.25) is 0 Å². The zero-order chi connectivity index (χ0) is 22.7. The number of anilines is 1. The van der Waals surface area contributed by atoms with Gasteiger partial charge in [-0.1, -0.05) is 36.4 Å². The van der Waals surface area contributed by atoms with Crippen LogP contribution >= 0.6 is 0 Å². The number of benzene rings is 2. The molecule has 2 heterocycles. The number of halogens is 1. The molecule has 0 saturated heterocycles. The monoisotopic (exact) mass is 443 g/mol. The molecule has 2 aliphatic heterocycles. The topological polar surface area (TPSA) is 72.5 Å². The van der Waals surface area contributed by atoms with Crippen molar-refractivity contribution < 1.29 is 19.1 Å². The third-order valence-electron chi connectivity index (χ3n) is 7.72. The van der Waals surface area contributed by atoms with E-state index in [4.69, 9.17) is 0 Å². The standard InChI is InChI=1S/C27H25FN2O3/c28-18-9-7-15(8-10-18)25-21-6-2-5-20(21)23-12-17(27(33)29-13-24(31)32)11-22-19-4-1-3-16(19)14-30(25)26(22)23/h1-2,4-5,7-12,16,19-21,25H,3,6,13-14H2,(H,29,33)(H,31,32)/p-1/t16-,19+,20+,21+,25-/m1/s1. The summed E-state index contributed by atoms with van der Waals surface area (Å²) in [6.07, 6.45) is 10.8. The first-order chi connectivity index (χ1) is 16.0. The molecule has 0 bridgehead atoms. The Morgan fingerprint density at radius 2 is 1.73 bits per heavy atom. The summed E-state index contributed by atoms with van der Waals surface area (Å²) in [6, 6.07) is 10.9. The maximum absolute atomic E-state index is 13.7. The highest BCUT2D eigenvalue weighted by Gasteiger charge is 2.48. The summed E-state index contributed by atoms with van der Waals surface area (Å²) in [7, 11) is 0. The van der Waals surface area contributed by atoms with Gasteiger partial charge in [-0.15, -0.1) is 0 Å². The van der Waals surface area contributed by atoms with Crippen molar-refractivity contribution in [3.63, 3.8) is 0 Å². The molecule has 6 rings (SSSR count). The van der Waals surface area contributed by atoms with Crippen molar-refractivity contribution in [1.82, 2.24) is 5.32 Å². The number of carboxylic acid groups (broad SMARTS) is 1. The Hall–Kier alpha value is -3.41. The van der Waals surface area contributed by atoms with Crippen LogP contribution in [-0.2, 0) is 4.79 Å². The Kier molecular flexibility index (Phi) is 4.64. The van der Waals surface area contributed by atoms with Crippen molar-refractivity contribution in [2.75, 3.05) is 18.0 Å². The van der Waals surface area contributed by atoms with Gasteiger partial charge in [-0.05, 0) is 65.6 Å². The van der Waals surface area contributed by atoms with Crippen molar-refractivity contribution in [2.45, 2.75) is 30.7 Å². The smallest absolute Gasteiger partial charge is 0.251 e. The predicted octanol–water partition coefficient (Wildman–Crippen LogP) is 3.20. The van der Waals surface area contributed by atoms with E-state index in [1.807, 2.05) is 24.3 Å². The number of amides is 1. The van der Waals surface area contributed by atoms with Gasteiger partial charge in [0.1, 0.15) is 5.82 Å². The molecule has 1 amide bonds. The lowest BCUT2D eigenvalue weighted by Crippen LogP contribution is -2.46. The van der Waals surface area contributed by atoms with E-state index >= 15 is 0 Å². The summed E-state index contributed by atoms with van der Waals surface area (Å²) in [4.78, 5) is 26.2. The number of carbonyl (C=O) groups is 2. The highest BCUT2D eigenvalue weighted by Crippen LogP contribution is 2.58. The molecule has 2 aromatic carbocycles. The molecule has 0 radical (unpaired) electrons. The number of carbonyl (C=O) groups excluding carboxylic acids is 2. The Labute approximate surface area is 191 Å². The highest BCUT2D eigenvalue weighted by atomic mass is 19.1. The summed E-state index contributed by atoms with van der Waals surface area (Å²) < 4.78 is 13.7. The fourth-order valence-corrected chi connectivity index (χ4v) is 6.40. The van der Waals surface area contributed by atoms with Gasteiger partial charge in [-0.25, -0.2) is 4.39 Å². The van der Waals surface area contributed by atoms with E-state index in [2.05, 4.69) is 34.5 Å². The van der Waals surface area contributed by atoms with Gasteiger partial charge < -0.3 is 20.1 Å². The van der Waals surface area contributed by atoms with Crippen molar-refractivity contribution in [3.05, 3.63) is 88.8 Å². The SMILES string of the molecule is O=C([O-])CNC(=O)c1cc2c3c(c1)[C@H]1C=CC[C@@H]1[C@@H](c1ccc(F)cc1)N3C[C@H]1CC=C[C@H]21. The van der Waals surface area contributed by atoms with E-state index in [0.717, 1.165) is 36.1 Å². The molecule has 4 aliphatic rings. The summed E-state index contributed by atoms with van der Waals surface area (Å²) in [6.45, 7) is 0.404. The Bertz CT molecular complexity index is 1190. The van der Waals surface area contributed by atoms with Crippen LogP contribution in [0.15, 0.2) is 60.7 Å². The second-order valence-corrected chi connectivity index (χ2v) is 9.51. The summed E-state index contributed by atoms with van der Waals surface area (Å²) >= 11 is 0. The van der Waals surface area contributed by atoms with E-state index in [-0.39, 0.29) is 23.7 Å². The van der Waals surface area contributed by atoms with Crippen LogP contribution in [0, 0.1) is 17.7 Å². The number of aliphatic carboxylic acids is 1. The first-order valence-electron chi connectivity index (χ1n) is 11.5. The van der Waals surface area contributed by atoms with Gasteiger partial charge in [0, 0.05) is 29.6 Å². The molecule has 168 valence electrons. The van der Waals surface area contributed by atoms with Crippen LogP contribution in [-0.4, -0.2) is 25.0 Å². The first-order valence-corrected chi connectivity index (χ1v) is 11.5. The molecular formula is C27H24FN2O3-. The van der Waals surface area contributed by atoms with Crippen molar-refractivity contribution in [1.29, 1.82) is 0 Å². The van der Waals surface area contributed by atoms with Crippen molar-refractivity contribution in [2.24, 2.45) is 11.8 Å². The van der Waals surface area contributed by atoms with Gasteiger partial charge in [0.05, 0.1) is 18.6 Å². The van der Waals surface area contributed by atoms with Gasteiger partial charge in [0.2, 0.25) is 0 Å². The molecule has 0 saturated carbocycles. The number of hydrogen-bond donors (Lipinski definition) is 1. The van der Waals surface area contributed by atoms with Crippen LogP contribution in [0.4, 0.5) is 10.1 Å². The van der Waals surface area contributed by atoms with Crippen LogP contribution in [0.3, 0.4) is 0 Å². The lowest BCUT2D eigenvalue weighted by molar-refractivity contribution is -0.303. The molecule has 1 N–H and O–H groups in total. The molecule has 33 heavy (non-hydrogen) atoms. The number of nitrogens with zero attached hydrogens (tertiary/aromatic N) is 1. The third-order valence-corrected chi connectivity index (χ3v) is 7.72. The van der Waals surface area contributed by atoms with Crippen LogP contribution in [0.25, 0.3) is 0 Å². The lowest BCUT2D eigenvalue weighted by Gasteiger charge is -2.51. The Morgan fingerprint density at radius 3 is 2.48 bits per heavy atom. The number of hydrogen-bond acceptors (Lipinski definition) is 4. The Morgan fingerprint density at radius 1 is 1.03 bits per heavy atom. The van der Waals surface area contributed by atoms with Gasteiger partial charge >= 0.3 is 0 Å². The van der Waals surface area contributed by atoms with E-state index in [1.54, 1.807) is 0 Å². The quantitative estimate of drug-likeness (QED) is 0.737. The molecule has 2 aromatic rings. The van der Waals surface area contributed by atoms with Crippen LogP contribution < -0.4 is 15.3 Å². The summed E-state index contributed by atoms with van der Waals surface area (Å²) in [5.74, 6) is -0.839. The Balaban J connectivity index is 1.51. The predicted molar refractivity (Wildman–Crippen MR) is 120 cm³/mol. The number of nitrogens with one attached hydrogen (secondary N) is 1. The average molecular weight is 443 g/mol. The zero-order valence-corrected chi connectivity index (χ0v) is 18.0. The normalized spacial score (nSPS) is 28.3. The van der Waals surface area contributed by atoms with Crippen molar-refractivity contribution >= 4 is 17.6 Å². The van der Waals surface area contributed by atoms with Crippen LogP contribution in [0.5, 0.6) is 0 Å². The van der Waals surface area contributed by atoms with Crippen LogP contribution in [0.1, 0.15) is 57.8 Å². The van der Waals surface area contributed by atoms with Gasteiger partial charge in [0.25, 0.3) is 5.91 Å². The van der Waals surface area contributed by atoms with Crippen molar-refractivity contribution in [3.8, 4) is 0 Å². The molecule has 5 atom stereocenters. The maximum atomic E-state index is 13.7. The van der Waals surface area contributed by atoms with E-state index in [9.17, 15) is 19.1 Å². The van der Waals surface area contributed by atoms with Gasteiger partial charge in [0.15, 0.2) is 0 Å². The molecule has 5 nitrogen and oxygen atoms in total. The first kappa shape index (κ1) is 20.2. The maximum Gasteiger partial charge on any atom is 0.251 e. The van der Waals surface area contributed by atoms with E-state index in [1.165, 1.54) is 17.8 Å². The second-order valence-electron chi connectivity index (χ2n) is 9.51. The molecule has 0 fully saturated rings. The fourth-order valence-electron chi connectivity index (χ4n) is 6.40. The largest absolute Gasteiger partial charge is 0.548 e. The van der Waals surface area contributed by atoms with E-state index in [0.29, 0.717) is 17.4 Å². The molecular weight excluding hydrogens is 419 g/mol. The molecule has 0 unspecified atom stereocenters.